The molecule has 2 aromatic rings. The SMILES string of the molecule is COC(C(=O)O[C@H](CS(N)(=O)=O)c1ccccc1F)c1ccccc1. The van der Waals surface area contributed by atoms with Crippen LogP contribution in [-0.2, 0) is 24.3 Å². The lowest BCUT2D eigenvalue weighted by molar-refractivity contribution is -0.161. The third-order valence-electron chi connectivity index (χ3n) is 3.45. The van der Waals surface area contributed by atoms with E-state index in [2.05, 4.69) is 0 Å². The second-order valence-electron chi connectivity index (χ2n) is 5.30. The fourth-order valence-corrected chi connectivity index (χ4v) is 3.00. The molecule has 0 radical (unpaired) electrons. The summed E-state index contributed by atoms with van der Waals surface area (Å²) in [6.45, 7) is 0. The number of hydrogen-bond acceptors (Lipinski definition) is 5. The minimum absolute atomic E-state index is 0.0761. The monoisotopic (exact) mass is 367 g/mol. The van der Waals surface area contributed by atoms with Gasteiger partial charge in [-0.2, -0.15) is 0 Å². The summed E-state index contributed by atoms with van der Waals surface area (Å²) in [4.78, 5) is 12.5. The van der Waals surface area contributed by atoms with E-state index in [9.17, 15) is 17.6 Å². The number of benzene rings is 2. The Hall–Kier alpha value is -2.29. The quantitative estimate of drug-likeness (QED) is 0.756. The van der Waals surface area contributed by atoms with Gasteiger partial charge in [-0.1, -0.05) is 48.5 Å². The van der Waals surface area contributed by atoms with Crippen molar-refractivity contribution in [3.8, 4) is 0 Å². The third kappa shape index (κ3) is 5.35. The molecule has 134 valence electrons. The molecule has 0 aliphatic carbocycles. The third-order valence-corrected chi connectivity index (χ3v) is 4.21. The van der Waals surface area contributed by atoms with Crippen molar-refractivity contribution < 1.29 is 27.1 Å². The molecule has 25 heavy (non-hydrogen) atoms. The first-order chi connectivity index (χ1) is 11.8. The van der Waals surface area contributed by atoms with Gasteiger partial charge in [0.05, 0.1) is 0 Å². The van der Waals surface area contributed by atoms with Crippen LogP contribution in [0.5, 0.6) is 0 Å². The van der Waals surface area contributed by atoms with Crippen LogP contribution in [0, 0.1) is 5.82 Å². The first kappa shape index (κ1) is 19.0. The van der Waals surface area contributed by atoms with Gasteiger partial charge in [-0.3, -0.25) is 0 Å². The molecule has 0 aliphatic rings. The van der Waals surface area contributed by atoms with E-state index < -0.39 is 39.8 Å². The van der Waals surface area contributed by atoms with E-state index in [1.165, 1.54) is 25.3 Å². The molecule has 1 unspecified atom stereocenters. The van der Waals surface area contributed by atoms with E-state index in [0.29, 0.717) is 5.56 Å². The van der Waals surface area contributed by atoms with Gasteiger partial charge in [0.2, 0.25) is 10.0 Å². The molecule has 0 bridgehead atoms. The van der Waals surface area contributed by atoms with Crippen molar-refractivity contribution in [1.82, 2.24) is 0 Å². The van der Waals surface area contributed by atoms with Crippen LogP contribution in [-0.4, -0.2) is 27.2 Å². The zero-order chi connectivity index (χ0) is 18.4. The second-order valence-corrected chi connectivity index (χ2v) is 6.96. The smallest absolute Gasteiger partial charge is 0.340 e. The Bertz CT molecular complexity index is 826. The van der Waals surface area contributed by atoms with Crippen LogP contribution >= 0.6 is 0 Å². The van der Waals surface area contributed by atoms with Crippen LogP contribution < -0.4 is 5.14 Å². The molecule has 0 spiro atoms. The summed E-state index contributed by atoms with van der Waals surface area (Å²) < 4.78 is 47.3. The highest BCUT2D eigenvalue weighted by Crippen LogP contribution is 2.26. The molecule has 2 aromatic carbocycles. The van der Waals surface area contributed by atoms with Gasteiger partial charge in [0, 0.05) is 12.7 Å². The number of carbonyl (C=O) groups is 1. The van der Waals surface area contributed by atoms with Gasteiger partial charge in [-0.15, -0.1) is 0 Å². The van der Waals surface area contributed by atoms with Gasteiger partial charge in [-0.25, -0.2) is 22.7 Å². The Balaban J connectivity index is 2.29. The van der Waals surface area contributed by atoms with Crippen LogP contribution in [0.2, 0.25) is 0 Å². The van der Waals surface area contributed by atoms with Gasteiger partial charge in [0.1, 0.15) is 17.7 Å². The largest absolute Gasteiger partial charge is 0.454 e. The van der Waals surface area contributed by atoms with E-state index in [-0.39, 0.29) is 5.56 Å². The maximum atomic E-state index is 14.0. The van der Waals surface area contributed by atoms with E-state index in [0.717, 1.165) is 6.07 Å². The summed E-state index contributed by atoms with van der Waals surface area (Å²) in [5.41, 5.74) is 0.450. The zero-order valence-corrected chi connectivity index (χ0v) is 14.3. The first-order valence-electron chi connectivity index (χ1n) is 7.35. The van der Waals surface area contributed by atoms with Gasteiger partial charge in [-0.05, 0) is 11.6 Å². The van der Waals surface area contributed by atoms with E-state index in [1.54, 1.807) is 30.3 Å². The highest BCUT2D eigenvalue weighted by atomic mass is 32.2. The van der Waals surface area contributed by atoms with E-state index >= 15 is 0 Å². The molecule has 0 aliphatic heterocycles. The molecule has 6 nitrogen and oxygen atoms in total. The summed E-state index contributed by atoms with van der Waals surface area (Å²) in [5, 5.41) is 5.05. The van der Waals surface area contributed by atoms with Crippen molar-refractivity contribution >= 4 is 16.0 Å². The summed E-state index contributed by atoms with van der Waals surface area (Å²) in [6, 6.07) is 13.9. The molecule has 2 N–H and O–H groups in total. The van der Waals surface area contributed by atoms with Crippen LogP contribution in [0.15, 0.2) is 54.6 Å². The lowest BCUT2D eigenvalue weighted by Gasteiger charge is -2.21. The highest BCUT2D eigenvalue weighted by Gasteiger charge is 2.29. The molecule has 0 amide bonds. The fraction of sp³-hybridized carbons (Fsp3) is 0.235. The number of ether oxygens (including phenoxy) is 2. The maximum absolute atomic E-state index is 14.0. The number of hydrogen-bond donors (Lipinski definition) is 1. The topological polar surface area (TPSA) is 95.7 Å². The lowest BCUT2D eigenvalue weighted by Crippen LogP contribution is -2.28. The first-order valence-corrected chi connectivity index (χ1v) is 9.06. The predicted octanol–water partition coefficient (Wildman–Crippen LogP) is 2.09. The van der Waals surface area contributed by atoms with Crippen molar-refractivity contribution in [3.63, 3.8) is 0 Å². The van der Waals surface area contributed by atoms with Crippen molar-refractivity contribution in [2.45, 2.75) is 12.2 Å². The molecule has 0 fully saturated rings. The van der Waals surface area contributed by atoms with Gasteiger partial charge in [0.15, 0.2) is 6.10 Å². The average molecular weight is 367 g/mol. The fourth-order valence-electron chi connectivity index (χ4n) is 2.33. The number of halogens is 1. The number of methoxy groups -OCH3 is 1. The Kier molecular flexibility index (Phi) is 6.24. The number of esters is 1. The number of sulfonamides is 1. The van der Waals surface area contributed by atoms with Crippen molar-refractivity contribution in [2.75, 3.05) is 12.9 Å². The van der Waals surface area contributed by atoms with Crippen LogP contribution in [0.1, 0.15) is 23.3 Å². The molecule has 2 atom stereocenters. The Morgan fingerprint density at radius 3 is 2.28 bits per heavy atom. The minimum Gasteiger partial charge on any atom is -0.454 e. The zero-order valence-electron chi connectivity index (χ0n) is 13.5. The highest BCUT2D eigenvalue weighted by molar-refractivity contribution is 7.89. The van der Waals surface area contributed by atoms with Crippen molar-refractivity contribution in [2.24, 2.45) is 5.14 Å². The molecule has 0 heterocycles. The van der Waals surface area contributed by atoms with Gasteiger partial charge < -0.3 is 9.47 Å². The molecular weight excluding hydrogens is 349 g/mol. The van der Waals surface area contributed by atoms with Crippen molar-refractivity contribution in [1.29, 1.82) is 0 Å². The van der Waals surface area contributed by atoms with Gasteiger partial charge in [0.25, 0.3) is 0 Å². The number of carbonyl (C=O) groups excluding carboxylic acids is 1. The lowest BCUT2D eigenvalue weighted by atomic mass is 10.1. The Morgan fingerprint density at radius 2 is 1.72 bits per heavy atom. The van der Waals surface area contributed by atoms with E-state index in [1.807, 2.05) is 0 Å². The van der Waals surface area contributed by atoms with Crippen LogP contribution in [0.25, 0.3) is 0 Å². The van der Waals surface area contributed by atoms with Crippen LogP contribution in [0.3, 0.4) is 0 Å². The summed E-state index contributed by atoms with van der Waals surface area (Å²) in [7, 11) is -2.70. The predicted molar refractivity (Wildman–Crippen MR) is 89.4 cm³/mol. The standard InChI is InChI=1S/C17H18FNO5S/c1-23-16(12-7-3-2-4-8-12)17(20)24-15(11-25(19,21)22)13-9-5-6-10-14(13)18/h2-10,15-16H,11H2,1H3,(H2,19,21,22)/t15-,16?/m1/s1. The summed E-state index contributed by atoms with van der Waals surface area (Å²) in [5.74, 6) is -2.28. The molecule has 0 saturated carbocycles. The number of primary sulfonamides is 1. The second kappa shape index (κ2) is 8.19. The summed E-state index contributed by atoms with van der Waals surface area (Å²) >= 11 is 0. The molecular formula is C17H18FNO5S. The minimum atomic E-state index is -4.02. The van der Waals surface area contributed by atoms with Crippen molar-refractivity contribution in [3.05, 3.63) is 71.5 Å². The van der Waals surface area contributed by atoms with E-state index in [4.69, 9.17) is 14.6 Å². The average Bonchev–Trinajstić information content (AvgIpc) is 2.55. The summed E-state index contributed by atoms with van der Waals surface area (Å²) in [6.07, 6.45) is -2.46. The molecule has 8 heteroatoms. The number of rotatable bonds is 7. The molecule has 0 saturated heterocycles. The van der Waals surface area contributed by atoms with Gasteiger partial charge >= 0.3 is 5.97 Å². The van der Waals surface area contributed by atoms with Crippen LogP contribution in [0.4, 0.5) is 4.39 Å². The maximum Gasteiger partial charge on any atom is 0.340 e. The molecule has 0 aromatic heterocycles. The Morgan fingerprint density at radius 1 is 1.12 bits per heavy atom. The Labute approximate surface area is 145 Å². The number of nitrogens with two attached hydrogens (primary N) is 1. The normalized spacial score (nSPS) is 13.9. The molecule has 2 rings (SSSR count).